The van der Waals surface area contributed by atoms with Gasteiger partial charge in [0.2, 0.25) is 11.8 Å². The summed E-state index contributed by atoms with van der Waals surface area (Å²) < 4.78 is 1.22. The first kappa shape index (κ1) is 19.6. The van der Waals surface area contributed by atoms with Crippen molar-refractivity contribution in [1.82, 2.24) is 9.78 Å². The second-order valence-corrected chi connectivity index (χ2v) is 6.65. The first-order valence-corrected chi connectivity index (χ1v) is 9.11. The normalized spacial score (nSPS) is 10.7. The van der Waals surface area contributed by atoms with Crippen molar-refractivity contribution in [2.45, 2.75) is 19.8 Å². The van der Waals surface area contributed by atoms with Crippen molar-refractivity contribution in [3.05, 3.63) is 63.5 Å². The van der Waals surface area contributed by atoms with Crippen molar-refractivity contribution in [3.8, 4) is 0 Å². The summed E-state index contributed by atoms with van der Waals surface area (Å²) in [6, 6.07) is 11.9. The maximum absolute atomic E-state index is 12.6. The molecule has 144 valence electrons. The van der Waals surface area contributed by atoms with Crippen LogP contribution >= 0.6 is 11.6 Å². The number of rotatable bonds is 5. The monoisotopic (exact) mass is 398 g/mol. The van der Waals surface area contributed by atoms with Crippen LogP contribution in [-0.2, 0) is 23.1 Å². The van der Waals surface area contributed by atoms with Crippen LogP contribution in [0.1, 0.15) is 19.0 Å². The van der Waals surface area contributed by atoms with Crippen LogP contribution in [0.25, 0.3) is 10.8 Å². The van der Waals surface area contributed by atoms with Gasteiger partial charge in [0.25, 0.3) is 5.56 Å². The highest BCUT2D eigenvalue weighted by molar-refractivity contribution is 6.33. The molecule has 0 saturated heterocycles. The lowest BCUT2D eigenvalue weighted by Gasteiger charge is -2.11. The van der Waals surface area contributed by atoms with Gasteiger partial charge in [0, 0.05) is 24.5 Å². The highest BCUT2D eigenvalue weighted by Gasteiger charge is 2.14. The summed E-state index contributed by atoms with van der Waals surface area (Å²) in [5.41, 5.74) is 1.19. The van der Waals surface area contributed by atoms with Gasteiger partial charge in [-0.15, -0.1) is 0 Å². The Morgan fingerprint density at radius 2 is 1.79 bits per heavy atom. The molecule has 3 aromatic rings. The number of amides is 2. The summed E-state index contributed by atoms with van der Waals surface area (Å²) in [6.07, 6.45) is 0.312. The Balaban J connectivity index is 1.85. The molecule has 8 heteroatoms. The number of benzene rings is 2. The van der Waals surface area contributed by atoms with E-state index in [1.807, 2.05) is 0 Å². The molecule has 0 fully saturated rings. The van der Waals surface area contributed by atoms with E-state index >= 15 is 0 Å². The molecule has 7 nitrogen and oxygen atoms in total. The Morgan fingerprint density at radius 3 is 2.50 bits per heavy atom. The summed E-state index contributed by atoms with van der Waals surface area (Å²) in [5.74, 6) is -0.474. The fourth-order valence-corrected chi connectivity index (χ4v) is 2.97. The third-order valence-corrected chi connectivity index (χ3v) is 4.54. The number of halogens is 1. The van der Waals surface area contributed by atoms with E-state index in [0.717, 1.165) is 0 Å². The Labute approximate surface area is 166 Å². The fourth-order valence-electron chi connectivity index (χ4n) is 2.80. The predicted octanol–water partition coefficient (Wildman–Crippen LogP) is 3.12. The molecule has 0 aliphatic heterocycles. The molecule has 0 saturated carbocycles. The lowest BCUT2D eigenvalue weighted by Crippen LogP contribution is -2.24. The van der Waals surface area contributed by atoms with Crippen molar-refractivity contribution < 1.29 is 9.59 Å². The van der Waals surface area contributed by atoms with E-state index in [1.165, 1.54) is 4.68 Å². The zero-order chi connectivity index (χ0) is 20.3. The number of anilines is 2. The zero-order valence-electron chi connectivity index (χ0n) is 15.5. The van der Waals surface area contributed by atoms with Gasteiger partial charge in [0.05, 0.1) is 28.2 Å². The van der Waals surface area contributed by atoms with E-state index in [1.54, 1.807) is 56.4 Å². The molecule has 1 heterocycles. The van der Waals surface area contributed by atoms with Crippen molar-refractivity contribution >= 4 is 45.6 Å². The average Bonchev–Trinajstić information content (AvgIpc) is 2.68. The molecule has 0 radical (unpaired) electrons. The molecule has 3 rings (SSSR count). The van der Waals surface area contributed by atoms with E-state index < -0.39 is 0 Å². The van der Waals surface area contributed by atoms with E-state index in [0.29, 0.717) is 39.3 Å². The van der Waals surface area contributed by atoms with Gasteiger partial charge >= 0.3 is 0 Å². The average molecular weight is 399 g/mol. The van der Waals surface area contributed by atoms with Crippen molar-refractivity contribution in [3.63, 3.8) is 0 Å². The predicted molar refractivity (Wildman–Crippen MR) is 110 cm³/mol. The molecule has 1 aromatic heterocycles. The molecular weight excluding hydrogens is 380 g/mol. The van der Waals surface area contributed by atoms with Crippen LogP contribution in [0.3, 0.4) is 0 Å². The van der Waals surface area contributed by atoms with E-state index in [4.69, 9.17) is 11.6 Å². The summed E-state index contributed by atoms with van der Waals surface area (Å²) in [6.45, 7) is 1.75. The molecule has 0 spiro atoms. The van der Waals surface area contributed by atoms with Gasteiger partial charge in [0.1, 0.15) is 0 Å². The Hall–Kier alpha value is -3.19. The minimum absolute atomic E-state index is 0.0312. The Bertz CT molecular complexity index is 1120. The van der Waals surface area contributed by atoms with E-state index in [2.05, 4.69) is 15.7 Å². The third-order valence-electron chi connectivity index (χ3n) is 4.21. The maximum atomic E-state index is 12.6. The highest BCUT2D eigenvalue weighted by Crippen LogP contribution is 2.26. The number of fused-ring (bicyclic) bond motifs is 1. The quantitative estimate of drug-likeness (QED) is 0.690. The number of carbonyl (C=O) groups excluding carboxylic acids is 2. The number of aromatic nitrogens is 2. The van der Waals surface area contributed by atoms with Crippen LogP contribution in [0.15, 0.2) is 47.3 Å². The SMILES string of the molecule is CCC(=O)Nc1ccc(Cl)c(NC(=O)Cc2nn(C)c(=O)c3ccccc23)c1. The summed E-state index contributed by atoms with van der Waals surface area (Å²) in [5, 5.41) is 11.2. The second kappa shape index (κ2) is 8.22. The number of nitrogens with zero attached hydrogens (tertiary/aromatic N) is 2. The summed E-state index contributed by atoms with van der Waals surface area (Å²) >= 11 is 6.17. The van der Waals surface area contributed by atoms with Gasteiger partial charge in [-0.25, -0.2) is 4.68 Å². The number of hydrogen-bond acceptors (Lipinski definition) is 4. The lowest BCUT2D eigenvalue weighted by molar-refractivity contribution is -0.116. The molecule has 0 aliphatic rings. The van der Waals surface area contributed by atoms with Gasteiger partial charge in [0.15, 0.2) is 0 Å². The van der Waals surface area contributed by atoms with Gasteiger partial charge < -0.3 is 10.6 Å². The van der Waals surface area contributed by atoms with Crippen molar-refractivity contribution in [1.29, 1.82) is 0 Å². The second-order valence-electron chi connectivity index (χ2n) is 6.24. The minimum Gasteiger partial charge on any atom is -0.326 e. The molecule has 0 atom stereocenters. The van der Waals surface area contributed by atoms with Gasteiger partial charge in [-0.1, -0.05) is 36.7 Å². The fraction of sp³-hybridized carbons (Fsp3) is 0.200. The van der Waals surface area contributed by atoms with Gasteiger partial charge in [-0.2, -0.15) is 5.10 Å². The molecule has 2 aromatic carbocycles. The Morgan fingerprint density at radius 1 is 1.07 bits per heavy atom. The van der Waals surface area contributed by atoms with Crippen LogP contribution in [0.2, 0.25) is 5.02 Å². The molecule has 28 heavy (non-hydrogen) atoms. The largest absolute Gasteiger partial charge is 0.326 e. The summed E-state index contributed by atoms with van der Waals surface area (Å²) in [4.78, 5) is 36.3. The molecule has 0 unspecified atom stereocenters. The van der Waals surface area contributed by atoms with Gasteiger partial charge in [-0.3, -0.25) is 14.4 Å². The molecule has 2 amide bonds. The standard InChI is InChI=1S/C20H19ClN4O3/c1-3-18(26)22-12-8-9-15(21)17(10-12)23-19(27)11-16-13-6-4-5-7-14(13)20(28)25(2)24-16/h4-10H,3,11H2,1-2H3,(H,22,26)(H,23,27). The van der Waals surface area contributed by atoms with Crippen molar-refractivity contribution in [2.24, 2.45) is 7.05 Å². The molecule has 0 bridgehead atoms. The zero-order valence-corrected chi connectivity index (χ0v) is 16.2. The van der Waals surface area contributed by atoms with Crippen LogP contribution < -0.4 is 16.2 Å². The molecule has 0 aliphatic carbocycles. The lowest BCUT2D eigenvalue weighted by atomic mass is 10.1. The van der Waals surface area contributed by atoms with Crippen LogP contribution in [-0.4, -0.2) is 21.6 Å². The smallest absolute Gasteiger partial charge is 0.274 e. The summed E-state index contributed by atoms with van der Waals surface area (Å²) in [7, 11) is 1.55. The van der Waals surface area contributed by atoms with E-state index in [9.17, 15) is 14.4 Å². The number of carbonyl (C=O) groups is 2. The van der Waals surface area contributed by atoms with Gasteiger partial charge in [-0.05, 0) is 24.3 Å². The number of nitrogens with one attached hydrogen (secondary N) is 2. The first-order valence-electron chi connectivity index (χ1n) is 8.73. The number of aryl methyl sites for hydroxylation is 1. The third kappa shape index (κ3) is 4.20. The topological polar surface area (TPSA) is 93.1 Å². The first-order chi connectivity index (χ1) is 13.4. The van der Waals surface area contributed by atoms with Crippen LogP contribution in [0.5, 0.6) is 0 Å². The molecule has 2 N–H and O–H groups in total. The molecular formula is C20H19ClN4O3. The van der Waals surface area contributed by atoms with E-state index in [-0.39, 0.29) is 23.8 Å². The Kier molecular flexibility index (Phi) is 5.75. The van der Waals surface area contributed by atoms with Crippen LogP contribution in [0.4, 0.5) is 11.4 Å². The van der Waals surface area contributed by atoms with Crippen LogP contribution in [0, 0.1) is 0 Å². The highest BCUT2D eigenvalue weighted by atomic mass is 35.5. The minimum atomic E-state index is -0.336. The number of hydrogen-bond donors (Lipinski definition) is 2. The maximum Gasteiger partial charge on any atom is 0.274 e. The van der Waals surface area contributed by atoms with Crippen molar-refractivity contribution in [2.75, 3.05) is 10.6 Å².